The summed E-state index contributed by atoms with van der Waals surface area (Å²) >= 11 is 0. The number of rotatable bonds is 5. The molecule has 0 spiro atoms. The Morgan fingerprint density at radius 3 is 2.20 bits per heavy atom. The molecule has 0 bridgehead atoms. The van der Waals surface area contributed by atoms with Gasteiger partial charge in [0.1, 0.15) is 0 Å². The van der Waals surface area contributed by atoms with Crippen LogP contribution in [-0.2, 0) is 0 Å². The lowest BCUT2D eigenvalue weighted by Gasteiger charge is -2.12. The van der Waals surface area contributed by atoms with E-state index in [0.29, 0.717) is 11.8 Å². The van der Waals surface area contributed by atoms with Crippen LogP contribution < -0.4 is 5.32 Å². The second-order valence-corrected chi connectivity index (χ2v) is 4.45. The maximum atomic E-state index is 8.89. The normalized spacial score (nSPS) is 12.9. The average molecular weight is 207 g/mol. The van der Waals surface area contributed by atoms with Gasteiger partial charge in [-0.1, -0.05) is 32.9 Å². The van der Waals surface area contributed by atoms with Crippen molar-refractivity contribution in [2.75, 3.05) is 18.5 Å². The topological polar surface area (TPSA) is 32.3 Å². The fourth-order valence-electron chi connectivity index (χ4n) is 1.34. The predicted octanol–water partition coefficient (Wildman–Crippen LogP) is 2.85. The van der Waals surface area contributed by atoms with Crippen LogP contribution in [0.25, 0.3) is 0 Å². The van der Waals surface area contributed by atoms with Crippen LogP contribution >= 0.6 is 0 Å². The highest BCUT2D eigenvalue weighted by Crippen LogP contribution is 2.17. The molecule has 1 aromatic carbocycles. The number of aliphatic hydroxyl groups is 1. The summed E-state index contributed by atoms with van der Waals surface area (Å²) in [6.07, 6.45) is 0. The molecule has 1 aromatic rings. The maximum absolute atomic E-state index is 8.89. The van der Waals surface area contributed by atoms with Crippen molar-refractivity contribution in [3.05, 3.63) is 29.8 Å². The van der Waals surface area contributed by atoms with E-state index in [1.54, 1.807) is 0 Å². The molecule has 0 saturated carbocycles. The predicted molar refractivity (Wildman–Crippen MR) is 65.3 cm³/mol. The minimum absolute atomic E-state index is 0.233. The molecule has 0 fully saturated rings. The van der Waals surface area contributed by atoms with Gasteiger partial charge < -0.3 is 10.4 Å². The maximum Gasteiger partial charge on any atom is 0.0473 e. The quantitative estimate of drug-likeness (QED) is 0.778. The summed E-state index contributed by atoms with van der Waals surface area (Å²) in [4.78, 5) is 0. The third kappa shape index (κ3) is 3.92. The van der Waals surface area contributed by atoms with Crippen molar-refractivity contribution in [1.29, 1.82) is 0 Å². The molecule has 2 heteroatoms. The van der Waals surface area contributed by atoms with E-state index in [9.17, 15) is 0 Å². The van der Waals surface area contributed by atoms with Gasteiger partial charge in [0.2, 0.25) is 0 Å². The Kier molecular flexibility index (Phi) is 4.63. The summed E-state index contributed by atoms with van der Waals surface area (Å²) in [6, 6.07) is 8.49. The molecule has 2 N–H and O–H groups in total. The largest absolute Gasteiger partial charge is 0.396 e. The molecular weight excluding hydrogens is 186 g/mol. The zero-order valence-corrected chi connectivity index (χ0v) is 9.83. The minimum Gasteiger partial charge on any atom is -0.396 e. The van der Waals surface area contributed by atoms with Crippen LogP contribution in [-0.4, -0.2) is 18.3 Å². The molecular formula is C13H21NO. The lowest BCUT2D eigenvalue weighted by Crippen LogP contribution is -2.14. The summed E-state index contributed by atoms with van der Waals surface area (Å²) in [6.45, 7) is 7.45. The van der Waals surface area contributed by atoms with Gasteiger partial charge in [0.15, 0.2) is 0 Å². The molecule has 0 amide bonds. The molecule has 15 heavy (non-hydrogen) atoms. The third-order valence-corrected chi connectivity index (χ3v) is 2.54. The van der Waals surface area contributed by atoms with Gasteiger partial charge in [0, 0.05) is 18.8 Å². The highest BCUT2D eigenvalue weighted by atomic mass is 16.3. The minimum atomic E-state index is 0.233. The monoisotopic (exact) mass is 207 g/mol. The highest BCUT2D eigenvalue weighted by Gasteiger charge is 2.01. The first kappa shape index (κ1) is 12.1. The van der Waals surface area contributed by atoms with Crippen molar-refractivity contribution in [2.45, 2.75) is 26.7 Å². The lowest BCUT2D eigenvalue weighted by molar-refractivity contribution is 0.244. The number of nitrogens with one attached hydrogen (secondary N) is 1. The van der Waals surface area contributed by atoms with E-state index >= 15 is 0 Å². The van der Waals surface area contributed by atoms with Gasteiger partial charge in [-0.3, -0.25) is 0 Å². The van der Waals surface area contributed by atoms with E-state index in [1.165, 1.54) is 5.56 Å². The van der Waals surface area contributed by atoms with Crippen molar-refractivity contribution in [2.24, 2.45) is 5.92 Å². The standard InChI is InChI=1S/C13H21NO/c1-10(2)12-4-6-13(7-5-12)14-8-11(3)9-15/h4-7,10-11,14-15H,8-9H2,1-3H3. The fourth-order valence-corrected chi connectivity index (χ4v) is 1.34. The van der Waals surface area contributed by atoms with Crippen molar-refractivity contribution in [3.8, 4) is 0 Å². The van der Waals surface area contributed by atoms with Crippen LogP contribution in [0.4, 0.5) is 5.69 Å². The van der Waals surface area contributed by atoms with Gasteiger partial charge in [-0.2, -0.15) is 0 Å². The summed E-state index contributed by atoms with van der Waals surface area (Å²) in [5.41, 5.74) is 2.48. The number of hydrogen-bond donors (Lipinski definition) is 2. The van der Waals surface area contributed by atoms with Crippen LogP contribution in [0.2, 0.25) is 0 Å². The molecule has 1 unspecified atom stereocenters. The zero-order valence-electron chi connectivity index (χ0n) is 9.83. The Morgan fingerprint density at radius 2 is 1.73 bits per heavy atom. The van der Waals surface area contributed by atoms with Crippen LogP contribution in [0.3, 0.4) is 0 Å². The molecule has 1 rings (SSSR count). The van der Waals surface area contributed by atoms with Crippen LogP contribution in [0.5, 0.6) is 0 Å². The average Bonchev–Trinajstić information content (AvgIpc) is 2.26. The lowest BCUT2D eigenvalue weighted by atomic mass is 10.0. The molecule has 0 saturated heterocycles. The van der Waals surface area contributed by atoms with Crippen LogP contribution in [0.1, 0.15) is 32.3 Å². The first-order chi connectivity index (χ1) is 7.13. The smallest absolute Gasteiger partial charge is 0.0473 e. The Bertz CT molecular complexity index is 279. The summed E-state index contributed by atoms with van der Waals surface area (Å²) < 4.78 is 0. The van der Waals surface area contributed by atoms with E-state index in [-0.39, 0.29) is 6.61 Å². The Morgan fingerprint density at radius 1 is 1.13 bits per heavy atom. The highest BCUT2D eigenvalue weighted by molar-refractivity contribution is 5.45. The van der Waals surface area contributed by atoms with Gasteiger partial charge >= 0.3 is 0 Å². The zero-order chi connectivity index (χ0) is 11.3. The van der Waals surface area contributed by atoms with Gasteiger partial charge in [-0.05, 0) is 29.5 Å². The van der Waals surface area contributed by atoms with Crippen molar-refractivity contribution < 1.29 is 5.11 Å². The van der Waals surface area contributed by atoms with Crippen molar-refractivity contribution in [1.82, 2.24) is 0 Å². The molecule has 2 nitrogen and oxygen atoms in total. The van der Waals surface area contributed by atoms with Gasteiger partial charge in [0.05, 0.1) is 0 Å². The second-order valence-electron chi connectivity index (χ2n) is 4.45. The molecule has 0 aliphatic heterocycles. The molecule has 0 aliphatic rings. The number of benzene rings is 1. The first-order valence-electron chi connectivity index (χ1n) is 5.58. The second kappa shape index (κ2) is 5.76. The van der Waals surface area contributed by atoms with Gasteiger partial charge in [0.25, 0.3) is 0 Å². The summed E-state index contributed by atoms with van der Waals surface area (Å²) in [7, 11) is 0. The van der Waals surface area contributed by atoms with E-state index in [2.05, 4.69) is 43.4 Å². The number of aliphatic hydroxyl groups excluding tert-OH is 1. The van der Waals surface area contributed by atoms with Crippen molar-refractivity contribution >= 4 is 5.69 Å². The van der Waals surface area contributed by atoms with Crippen LogP contribution in [0, 0.1) is 5.92 Å². The Labute approximate surface area is 92.3 Å². The molecule has 0 heterocycles. The Hall–Kier alpha value is -1.02. The van der Waals surface area contributed by atoms with E-state index < -0.39 is 0 Å². The van der Waals surface area contributed by atoms with Gasteiger partial charge in [-0.15, -0.1) is 0 Å². The number of anilines is 1. The van der Waals surface area contributed by atoms with Crippen molar-refractivity contribution in [3.63, 3.8) is 0 Å². The third-order valence-electron chi connectivity index (χ3n) is 2.54. The first-order valence-corrected chi connectivity index (χ1v) is 5.58. The SMILES string of the molecule is CC(CO)CNc1ccc(C(C)C)cc1. The van der Waals surface area contributed by atoms with E-state index in [4.69, 9.17) is 5.11 Å². The molecule has 0 aliphatic carbocycles. The molecule has 1 atom stereocenters. The molecule has 0 aromatic heterocycles. The number of hydrogen-bond acceptors (Lipinski definition) is 2. The summed E-state index contributed by atoms with van der Waals surface area (Å²) in [5, 5.41) is 12.2. The van der Waals surface area contributed by atoms with Crippen LogP contribution in [0.15, 0.2) is 24.3 Å². The van der Waals surface area contributed by atoms with E-state index in [0.717, 1.165) is 12.2 Å². The molecule has 0 radical (unpaired) electrons. The fraction of sp³-hybridized carbons (Fsp3) is 0.538. The van der Waals surface area contributed by atoms with Gasteiger partial charge in [-0.25, -0.2) is 0 Å². The Balaban J connectivity index is 2.50. The molecule has 84 valence electrons. The summed E-state index contributed by atoms with van der Waals surface area (Å²) in [5.74, 6) is 0.880. The van der Waals surface area contributed by atoms with E-state index in [1.807, 2.05) is 6.92 Å².